The van der Waals surface area contributed by atoms with E-state index in [1.807, 2.05) is 75.4 Å². The van der Waals surface area contributed by atoms with E-state index in [2.05, 4.69) is 11.6 Å². The van der Waals surface area contributed by atoms with Gasteiger partial charge in [0.05, 0.1) is 6.61 Å². The van der Waals surface area contributed by atoms with Crippen molar-refractivity contribution in [2.45, 2.75) is 51.7 Å². The van der Waals surface area contributed by atoms with Crippen LogP contribution in [0.15, 0.2) is 73.3 Å². The van der Waals surface area contributed by atoms with Crippen molar-refractivity contribution in [2.75, 3.05) is 26.2 Å². The molecule has 3 aromatic carbocycles. The number of nitrogens with one attached hydrogen (secondary N) is 1. The number of benzene rings is 3. The number of carbonyl (C=O) groups is 2. The molecule has 0 radical (unpaired) electrons. The van der Waals surface area contributed by atoms with Crippen LogP contribution in [-0.2, 0) is 11.2 Å². The number of fused-ring (bicyclic) bond motifs is 3. The minimum atomic E-state index is -0.500. The molecule has 9 heteroatoms. The maximum absolute atomic E-state index is 13.7. The summed E-state index contributed by atoms with van der Waals surface area (Å²) in [7, 11) is 0. The highest BCUT2D eigenvalue weighted by Gasteiger charge is 2.36. The molecule has 1 fully saturated rings. The van der Waals surface area contributed by atoms with Crippen LogP contribution in [-0.4, -0.2) is 58.8 Å². The number of H-pyrrole nitrogens is 1. The Morgan fingerprint density at radius 2 is 1.65 bits per heavy atom. The van der Waals surface area contributed by atoms with E-state index in [4.69, 9.17) is 25.8 Å². The zero-order valence-corrected chi connectivity index (χ0v) is 27.3. The lowest BCUT2D eigenvalue weighted by Gasteiger charge is -2.35. The van der Waals surface area contributed by atoms with Gasteiger partial charge < -0.3 is 24.1 Å². The second kappa shape index (κ2) is 13.1. The van der Waals surface area contributed by atoms with Gasteiger partial charge in [-0.25, -0.2) is 9.59 Å². The summed E-state index contributed by atoms with van der Waals surface area (Å²) in [5.74, 6) is 1.58. The molecule has 8 nitrogen and oxygen atoms in total. The molecule has 0 aliphatic carbocycles. The highest BCUT2D eigenvalue weighted by Crippen LogP contribution is 2.40. The van der Waals surface area contributed by atoms with Crippen LogP contribution in [0.2, 0.25) is 5.02 Å². The number of aromatic amines is 1. The van der Waals surface area contributed by atoms with Crippen LogP contribution in [0.5, 0.6) is 11.5 Å². The molecular weight excluding hydrogens is 602 g/mol. The second-order valence-electron chi connectivity index (χ2n) is 13.0. The summed E-state index contributed by atoms with van der Waals surface area (Å²) in [5, 5.41) is 1.74. The number of carbonyl (C=O) groups excluding carboxylic acids is 2. The number of aromatic nitrogens is 1. The number of nitrogens with zero attached hydrogens (tertiary/aromatic N) is 2. The maximum atomic E-state index is 13.7. The van der Waals surface area contributed by atoms with E-state index in [0.717, 1.165) is 51.9 Å². The van der Waals surface area contributed by atoms with Crippen LogP contribution >= 0.6 is 11.6 Å². The molecule has 2 aliphatic heterocycles. The largest absolute Gasteiger partial charge is 0.493 e. The Balaban J connectivity index is 1.17. The van der Waals surface area contributed by atoms with E-state index < -0.39 is 11.7 Å². The van der Waals surface area contributed by atoms with Gasteiger partial charge in [0.25, 0.3) is 0 Å². The Morgan fingerprint density at radius 1 is 0.957 bits per heavy atom. The molecule has 2 amide bonds. The van der Waals surface area contributed by atoms with E-state index in [9.17, 15) is 9.59 Å². The number of rotatable bonds is 6. The molecular formula is C37H40ClN3O5. The van der Waals surface area contributed by atoms with Crippen LogP contribution in [0.4, 0.5) is 9.59 Å². The fourth-order valence-corrected chi connectivity index (χ4v) is 6.38. The molecule has 0 bridgehead atoms. The number of hydrogen-bond donors (Lipinski definition) is 1. The number of halogens is 1. The van der Waals surface area contributed by atoms with Gasteiger partial charge in [0.15, 0.2) is 0 Å². The Kier molecular flexibility index (Phi) is 9.00. The molecule has 2 aliphatic rings. The fourth-order valence-electron chi connectivity index (χ4n) is 6.20. The molecule has 6 rings (SSSR count). The number of likely N-dealkylation sites (tertiary alicyclic amines) is 1. The van der Waals surface area contributed by atoms with Gasteiger partial charge in [0.2, 0.25) is 0 Å². The molecule has 240 valence electrons. The maximum Gasteiger partial charge on any atom is 0.416 e. The number of piperidine rings is 1. The first-order valence-electron chi connectivity index (χ1n) is 15.8. The standard InChI is InChI=1S/C37H40ClN3O5/c1-5-24-6-11-29(12-7-24)45-36(43)41-21-18-30-31-22-27(38)10-15-32(31)39-33(30)34(41)26-8-13-28(14-9-26)44-23-25-16-19-40(20-17-25)35(42)46-37(2,3)4/h5-15,22,25,34,39H,1,16-21,23H2,2-4H3. The van der Waals surface area contributed by atoms with Crippen molar-refractivity contribution in [2.24, 2.45) is 5.92 Å². The molecule has 0 saturated carbocycles. The minimum Gasteiger partial charge on any atom is -0.493 e. The minimum absolute atomic E-state index is 0.255. The molecule has 1 unspecified atom stereocenters. The van der Waals surface area contributed by atoms with E-state index >= 15 is 0 Å². The quantitative estimate of drug-likeness (QED) is 0.228. The van der Waals surface area contributed by atoms with Crippen molar-refractivity contribution in [1.29, 1.82) is 0 Å². The Hall–Kier alpha value is -4.43. The highest BCUT2D eigenvalue weighted by molar-refractivity contribution is 6.31. The van der Waals surface area contributed by atoms with Crippen LogP contribution < -0.4 is 9.47 Å². The predicted octanol–water partition coefficient (Wildman–Crippen LogP) is 8.64. The third-order valence-corrected chi connectivity index (χ3v) is 8.83. The highest BCUT2D eigenvalue weighted by atomic mass is 35.5. The average Bonchev–Trinajstić information content (AvgIpc) is 3.41. The summed E-state index contributed by atoms with van der Waals surface area (Å²) < 4.78 is 17.6. The van der Waals surface area contributed by atoms with Crippen molar-refractivity contribution in [3.8, 4) is 11.5 Å². The number of ether oxygens (including phenoxy) is 3. The van der Waals surface area contributed by atoms with Crippen LogP contribution in [0, 0.1) is 5.92 Å². The summed E-state index contributed by atoms with van der Waals surface area (Å²) >= 11 is 6.37. The van der Waals surface area contributed by atoms with Crippen molar-refractivity contribution in [3.63, 3.8) is 0 Å². The van der Waals surface area contributed by atoms with Gasteiger partial charge in [-0.3, -0.25) is 4.90 Å². The topological polar surface area (TPSA) is 84.1 Å². The average molecular weight is 642 g/mol. The zero-order valence-electron chi connectivity index (χ0n) is 26.6. The molecule has 1 aromatic heterocycles. The predicted molar refractivity (Wildman–Crippen MR) is 181 cm³/mol. The van der Waals surface area contributed by atoms with E-state index in [1.54, 1.807) is 28.0 Å². The summed E-state index contributed by atoms with van der Waals surface area (Å²) in [6, 6.07) is 20.7. The second-order valence-corrected chi connectivity index (χ2v) is 13.4. The van der Waals surface area contributed by atoms with Crippen molar-refractivity contribution in [1.82, 2.24) is 14.8 Å². The molecule has 0 spiro atoms. The van der Waals surface area contributed by atoms with Crippen molar-refractivity contribution < 1.29 is 23.8 Å². The normalized spacial score (nSPS) is 17.0. The Labute approximate surface area is 274 Å². The van der Waals surface area contributed by atoms with Crippen LogP contribution in [0.1, 0.15) is 62.0 Å². The van der Waals surface area contributed by atoms with Crippen LogP contribution in [0.25, 0.3) is 17.0 Å². The smallest absolute Gasteiger partial charge is 0.416 e. The van der Waals surface area contributed by atoms with Crippen LogP contribution in [0.3, 0.4) is 0 Å². The molecule has 1 saturated heterocycles. The number of hydrogen-bond acceptors (Lipinski definition) is 5. The fraction of sp³-hybridized carbons (Fsp3) is 0.351. The summed E-state index contributed by atoms with van der Waals surface area (Å²) in [6.07, 6.45) is 3.47. The van der Waals surface area contributed by atoms with Gasteiger partial charge in [0, 0.05) is 41.3 Å². The first-order valence-corrected chi connectivity index (χ1v) is 16.2. The van der Waals surface area contributed by atoms with Gasteiger partial charge in [-0.2, -0.15) is 0 Å². The monoisotopic (exact) mass is 641 g/mol. The van der Waals surface area contributed by atoms with E-state index in [-0.39, 0.29) is 12.1 Å². The molecule has 4 aromatic rings. The summed E-state index contributed by atoms with van der Waals surface area (Å²) in [4.78, 5) is 33.2. The van der Waals surface area contributed by atoms with Gasteiger partial charge >= 0.3 is 12.2 Å². The molecule has 1 N–H and O–H groups in total. The van der Waals surface area contributed by atoms with Gasteiger partial charge in [-0.15, -0.1) is 0 Å². The van der Waals surface area contributed by atoms with Gasteiger partial charge in [-0.1, -0.05) is 48.5 Å². The van der Waals surface area contributed by atoms with E-state index in [0.29, 0.717) is 49.4 Å². The SMILES string of the molecule is C=Cc1ccc(OC(=O)N2CCc3c([nH]c4ccc(Cl)cc34)C2c2ccc(OCC3CCN(C(=O)OC(C)(C)C)CC3)cc2)cc1. The Morgan fingerprint density at radius 3 is 2.33 bits per heavy atom. The lowest BCUT2D eigenvalue weighted by Crippen LogP contribution is -2.42. The zero-order chi connectivity index (χ0) is 32.4. The summed E-state index contributed by atoms with van der Waals surface area (Å²) in [6.45, 7) is 11.8. The Bertz CT molecular complexity index is 1720. The summed E-state index contributed by atoms with van der Waals surface area (Å²) in [5.41, 5.74) is 4.47. The van der Waals surface area contributed by atoms with Gasteiger partial charge in [0.1, 0.15) is 23.1 Å². The van der Waals surface area contributed by atoms with Crippen molar-refractivity contribution in [3.05, 3.63) is 101 Å². The third-order valence-electron chi connectivity index (χ3n) is 8.59. The lowest BCUT2D eigenvalue weighted by atomic mass is 9.92. The number of amides is 2. The van der Waals surface area contributed by atoms with Crippen molar-refractivity contribution >= 4 is 40.8 Å². The molecule has 1 atom stereocenters. The first kappa shape index (κ1) is 31.5. The first-order chi connectivity index (χ1) is 22.1. The molecule has 46 heavy (non-hydrogen) atoms. The lowest BCUT2D eigenvalue weighted by molar-refractivity contribution is 0.0165. The van der Waals surface area contributed by atoms with Gasteiger partial charge in [-0.05, 0) is 105 Å². The molecule has 3 heterocycles. The third kappa shape index (κ3) is 7.02. The van der Waals surface area contributed by atoms with E-state index in [1.165, 1.54) is 0 Å².